The minimum absolute atomic E-state index is 0.273. The highest BCUT2D eigenvalue weighted by atomic mass is 35.5. The first-order chi connectivity index (χ1) is 12.0. The Morgan fingerprint density at radius 1 is 1.20 bits per heavy atom. The van der Waals surface area contributed by atoms with E-state index in [0.717, 1.165) is 0 Å². The molecule has 0 atom stereocenters. The van der Waals surface area contributed by atoms with E-state index < -0.39 is 0 Å². The number of halogens is 2. The summed E-state index contributed by atoms with van der Waals surface area (Å²) in [6, 6.07) is 12.3. The summed E-state index contributed by atoms with van der Waals surface area (Å²) in [7, 11) is 0. The van der Waals surface area contributed by atoms with Gasteiger partial charge in [-0.15, -0.1) is 0 Å². The number of benzene rings is 2. The zero-order valence-electron chi connectivity index (χ0n) is 12.7. The molecule has 0 spiro atoms. The first-order valence-corrected chi connectivity index (χ1v) is 8.37. The molecule has 0 amide bonds. The molecule has 126 valence electrons. The fraction of sp³-hybridized carbons (Fsp3) is 0. The Morgan fingerprint density at radius 2 is 2.00 bits per heavy atom. The Morgan fingerprint density at radius 3 is 2.84 bits per heavy atom. The average molecular weight is 391 g/mol. The molecule has 0 saturated heterocycles. The minimum atomic E-state index is -0.284. The van der Waals surface area contributed by atoms with Crippen molar-refractivity contribution in [3.05, 3.63) is 74.8 Å². The molecule has 0 aliphatic carbocycles. The van der Waals surface area contributed by atoms with Gasteiger partial charge in [0.1, 0.15) is 5.69 Å². The van der Waals surface area contributed by atoms with Crippen molar-refractivity contribution in [1.82, 2.24) is 15.3 Å². The predicted molar refractivity (Wildman–Crippen MR) is 107 cm³/mol. The predicted octanol–water partition coefficient (Wildman–Crippen LogP) is 4.19. The van der Waals surface area contributed by atoms with Crippen LogP contribution in [0, 0.1) is 0 Å². The molecule has 0 unspecified atom stereocenters. The lowest BCUT2D eigenvalue weighted by atomic mass is 10.3. The Balaban J connectivity index is 1.70. The molecule has 1 heterocycles. The molecule has 0 fully saturated rings. The van der Waals surface area contributed by atoms with Crippen molar-refractivity contribution in [3.8, 4) is 0 Å². The van der Waals surface area contributed by atoms with E-state index in [9.17, 15) is 4.79 Å². The molecule has 0 radical (unpaired) electrons. The van der Waals surface area contributed by atoms with Crippen LogP contribution in [0.4, 0.5) is 5.69 Å². The summed E-state index contributed by atoms with van der Waals surface area (Å²) in [4.78, 5) is 19.1. The third-order valence-corrected chi connectivity index (χ3v) is 4.04. The first-order valence-electron chi connectivity index (χ1n) is 7.21. The van der Waals surface area contributed by atoms with Crippen LogP contribution in [0.25, 0.3) is 17.1 Å². The number of thiocarbonyl (C=S) groups is 1. The SMILES string of the molecule is O=c1[nH]c2ccccc2nc1C=CNC(=S)Nc1cc(Cl)ccc1Cl. The van der Waals surface area contributed by atoms with Crippen LogP contribution >= 0.6 is 35.4 Å². The van der Waals surface area contributed by atoms with Gasteiger partial charge >= 0.3 is 0 Å². The van der Waals surface area contributed by atoms with Gasteiger partial charge in [0.25, 0.3) is 5.56 Å². The normalized spacial score (nSPS) is 11.0. The van der Waals surface area contributed by atoms with Crippen molar-refractivity contribution >= 4 is 63.3 Å². The highest BCUT2D eigenvalue weighted by Gasteiger charge is 2.03. The molecule has 25 heavy (non-hydrogen) atoms. The van der Waals surface area contributed by atoms with Gasteiger partial charge in [0.05, 0.1) is 21.7 Å². The van der Waals surface area contributed by atoms with Crippen LogP contribution in [0.1, 0.15) is 5.69 Å². The Bertz CT molecular complexity index is 1030. The van der Waals surface area contributed by atoms with E-state index >= 15 is 0 Å². The molecule has 3 aromatic rings. The molecule has 0 aliphatic rings. The van der Waals surface area contributed by atoms with Crippen LogP contribution in [-0.4, -0.2) is 15.1 Å². The molecule has 0 aliphatic heterocycles. The van der Waals surface area contributed by atoms with E-state index in [0.29, 0.717) is 31.9 Å². The highest BCUT2D eigenvalue weighted by molar-refractivity contribution is 7.80. The summed E-state index contributed by atoms with van der Waals surface area (Å²) in [5.74, 6) is 0. The van der Waals surface area contributed by atoms with Crippen molar-refractivity contribution in [3.63, 3.8) is 0 Å². The Hall–Kier alpha value is -2.41. The molecule has 8 heteroatoms. The second-order valence-electron chi connectivity index (χ2n) is 5.02. The maximum absolute atomic E-state index is 12.0. The monoisotopic (exact) mass is 390 g/mol. The van der Waals surface area contributed by atoms with E-state index in [2.05, 4.69) is 20.6 Å². The van der Waals surface area contributed by atoms with Crippen LogP contribution in [0.2, 0.25) is 10.0 Å². The number of aromatic nitrogens is 2. The maximum atomic E-state index is 12.0. The standard InChI is InChI=1S/C17H12Cl2N4OS/c18-10-5-6-11(19)15(9-10)23-17(25)20-8-7-14-16(24)22-13-4-2-1-3-12(13)21-14/h1-9H,(H,22,24)(H2,20,23,25). The van der Waals surface area contributed by atoms with Gasteiger partial charge in [0.15, 0.2) is 5.11 Å². The summed E-state index contributed by atoms with van der Waals surface area (Å²) in [5, 5.41) is 7.11. The molecule has 0 bridgehead atoms. The smallest absolute Gasteiger partial charge is 0.274 e. The Labute approximate surface area is 158 Å². The number of nitrogens with one attached hydrogen (secondary N) is 3. The van der Waals surface area contributed by atoms with Gasteiger partial charge in [0.2, 0.25) is 0 Å². The van der Waals surface area contributed by atoms with Crippen LogP contribution in [-0.2, 0) is 0 Å². The number of anilines is 1. The number of H-pyrrole nitrogens is 1. The summed E-state index contributed by atoms with van der Waals surface area (Å²) in [6.07, 6.45) is 3.07. The van der Waals surface area contributed by atoms with Crippen LogP contribution in [0.3, 0.4) is 0 Å². The van der Waals surface area contributed by atoms with Gasteiger partial charge in [0, 0.05) is 11.2 Å². The molecule has 2 aromatic carbocycles. The molecule has 0 saturated carbocycles. The van der Waals surface area contributed by atoms with E-state index in [1.807, 2.05) is 18.2 Å². The molecular weight excluding hydrogens is 379 g/mol. The molecule has 5 nitrogen and oxygen atoms in total. The fourth-order valence-electron chi connectivity index (χ4n) is 2.10. The lowest BCUT2D eigenvalue weighted by Gasteiger charge is -2.09. The second kappa shape index (κ2) is 7.65. The fourth-order valence-corrected chi connectivity index (χ4v) is 2.62. The first kappa shape index (κ1) is 17.4. The molecule has 3 N–H and O–H groups in total. The number of aromatic amines is 1. The van der Waals surface area contributed by atoms with Gasteiger partial charge in [-0.05, 0) is 48.6 Å². The van der Waals surface area contributed by atoms with Gasteiger partial charge in [-0.1, -0.05) is 35.3 Å². The average Bonchev–Trinajstić information content (AvgIpc) is 2.58. The third kappa shape index (κ3) is 4.36. The van der Waals surface area contributed by atoms with E-state index in [1.54, 1.807) is 30.3 Å². The zero-order chi connectivity index (χ0) is 17.8. The van der Waals surface area contributed by atoms with Crippen molar-refractivity contribution in [2.45, 2.75) is 0 Å². The number of rotatable bonds is 3. The van der Waals surface area contributed by atoms with E-state index in [-0.39, 0.29) is 11.3 Å². The van der Waals surface area contributed by atoms with Gasteiger partial charge in [-0.3, -0.25) is 4.79 Å². The van der Waals surface area contributed by atoms with Crippen molar-refractivity contribution < 1.29 is 0 Å². The Kier molecular flexibility index (Phi) is 5.33. The number of hydrogen-bond donors (Lipinski definition) is 3. The molecule has 3 rings (SSSR count). The number of hydrogen-bond acceptors (Lipinski definition) is 3. The van der Waals surface area contributed by atoms with Crippen LogP contribution in [0.5, 0.6) is 0 Å². The lowest BCUT2D eigenvalue weighted by Crippen LogP contribution is -2.24. The zero-order valence-corrected chi connectivity index (χ0v) is 15.0. The van der Waals surface area contributed by atoms with E-state index in [1.165, 1.54) is 6.20 Å². The number of para-hydroxylation sites is 2. The number of fused-ring (bicyclic) bond motifs is 1. The van der Waals surface area contributed by atoms with Gasteiger partial charge < -0.3 is 15.6 Å². The van der Waals surface area contributed by atoms with Gasteiger partial charge in [-0.25, -0.2) is 4.98 Å². The van der Waals surface area contributed by atoms with Crippen molar-refractivity contribution in [2.75, 3.05) is 5.32 Å². The summed E-state index contributed by atoms with van der Waals surface area (Å²) in [5.41, 5.74) is 1.96. The highest BCUT2D eigenvalue weighted by Crippen LogP contribution is 2.25. The van der Waals surface area contributed by atoms with E-state index in [4.69, 9.17) is 35.4 Å². The number of nitrogens with zero attached hydrogens (tertiary/aromatic N) is 1. The van der Waals surface area contributed by atoms with Gasteiger partial charge in [-0.2, -0.15) is 0 Å². The van der Waals surface area contributed by atoms with Crippen LogP contribution < -0.4 is 16.2 Å². The molecule has 1 aromatic heterocycles. The summed E-state index contributed by atoms with van der Waals surface area (Å²) in [6.45, 7) is 0. The minimum Gasteiger partial charge on any atom is -0.339 e. The lowest BCUT2D eigenvalue weighted by molar-refractivity contribution is 1.18. The van der Waals surface area contributed by atoms with Crippen LogP contribution in [0.15, 0.2) is 53.5 Å². The third-order valence-electron chi connectivity index (χ3n) is 3.26. The quantitative estimate of drug-likeness (QED) is 0.585. The second-order valence-corrected chi connectivity index (χ2v) is 6.28. The topological polar surface area (TPSA) is 69.8 Å². The molecular formula is C17H12Cl2N4OS. The maximum Gasteiger partial charge on any atom is 0.274 e. The summed E-state index contributed by atoms with van der Waals surface area (Å²) < 4.78 is 0. The largest absolute Gasteiger partial charge is 0.339 e. The summed E-state index contributed by atoms with van der Waals surface area (Å²) >= 11 is 17.2. The van der Waals surface area contributed by atoms with Crippen molar-refractivity contribution in [1.29, 1.82) is 0 Å². The van der Waals surface area contributed by atoms with Crippen molar-refractivity contribution in [2.24, 2.45) is 0 Å².